The van der Waals surface area contributed by atoms with Crippen molar-refractivity contribution in [2.75, 3.05) is 26.2 Å². The third-order valence-corrected chi connectivity index (χ3v) is 4.69. The first-order chi connectivity index (χ1) is 8.67. The van der Waals surface area contributed by atoms with E-state index in [1.54, 1.807) is 0 Å². The number of nitrogens with zero attached hydrogens (tertiary/aromatic N) is 2. The normalized spacial score (nSPS) is 32.4. The first-order valence-electron chi connectivity index (χ1n) is 7.45. The summed E-state index contributed by atoms with van der Waals surface area (Å²) < 4.78 is 0. The van der Waals surface area contributed by atoms with Crippen LogP contribution < -0.4 is 5.73 Å². The first-order valence-corrected chi connectivity index (χ1v) is 7.45. The lowest BCUT2D eigenvalue weighted by Gasteiger charge is -2.27. The van der Waals surface area contributed by atoms with Crippen molar-refractivity contribution < 1.29 is 4.79 Å². The Labute approximate surface area is 110 Å². The van der Waals surface area contributed by atoms with E-state index in [9.17, 15) is 4.79 Å². The third kappa shape index (κ3) is 2.69. The Morgan fingerprint density at radius 1 is 1.28 bits per heavy atom. The number of likely N-dealkylation sites (N-methyl/N-ethyl adjacent to an activating group) is 1. The van der Waals surface area contributed by atoms with E-state index in [-0.39, 0.29) is 12.0 Å². The van der Waals surface area contributed by atoms with Crippen molar-refractivity contribution in [1.29, 1.82) is 0 Å². The lowest BCUT2D eigenvalue weighted by Crippen LogP contribution is -2.43. The number of amides is 1. The monoisotopic (exact) mass is 253 g/mol. The molecule has 18 heavy (non-hydrogen) atoms. The molecule has 0 aromatic carbocycles. The summed E-state index contributed by atoms with van der Waals surface area (Å²) >= 11 is 0. The number of carbonyl (C=O) groups excluding carboxylic acids is 1. The molecule has 1 saturated carbocycles. The Balaban J connectivity index is 1.90. The van der Waals surface area contributed by atoms with Gasteiger partial charge >= 0.3 is 0 Å². The molecule has 1 amide bonds. The predicted molar refractivity (Wildman–Crippen MR) is 73.2 cm³/mol. The molecule has 0 bridgehead atoms. The zero-order valence-electron chi connectivity index (χ0n) is 11.8. The Kier molecular flexibility index (Phi) is 4.62. The Bertz CT molecular complexity index is 291. The van der Waals surface area contributed by atoms with Gasteiger partial charge in [0.15, 0.2) is 0 Å². The summed E-state index contributed by atoms with van der Waals surface area (Å²) in [4.78, 5) is 16.9. The topological polar surface area (TPSA) is 49.6 Å². The van der Waals surface area contributed by atoms with Crippen molar-refractivity contribution in [3.8, 4) is 0 Å². The summed E-state index contributed by atoms with van der Waals surface area (Å²) in [6.45, 7) is 8.37. The Hall–Kier alpha value is -0.610. The Morgan fingerprint density at radius 2 is 2.00 bits per heavy atom. The first kappa shape index (κ1) is 13.8. The number of hydrogen-bond acceptors (Lipinski definition) is 3. The molecule has 3 unspecified atom stereocenters. The van der Waals surface area contributed by atoms with Crippen molar-refractivity contribution in [1.82, 2.24) is 9.80 Å². The summed E-state index contributed by atoms with van der Waals surface area (Å²) in [6.07, 6.45) is 4.25. The highest BCUT2D eigenvalue weighted by atomic mass is 16.2. The second-order valence-electron chi connectivity index (χ2n) is 5.65. The number of rotatable bonds is 4. The van der Waals surface area contributed by atoms with Crippen LogP contribution in [-0.4, -0.2) is 54.0 Å². The maximum Gasteiger partial charge on any atom is 0.227 e. The fourth-order valence-corrected chi connectivity index (χ4v) is 3.51. The van der Waals surface area contributed by atoms with Gasteiger partial charge in [0, 0.05) is 25.2 Å². The zero-order chi connectivity index (χ0) is 13.1. The molecule has 0 spiro atoms. The lowest BCUT2D eigenvalue weighted by molar-refractivity contribution is -0.134. The van der Waals surface area contributed by atoms with Gasteiger partial charge in [0.05, 0.1) is 5.92 Å². The molecule has 1 saturated heterocycles. The molecule has 3 atom stereocenters. The van der Waals surface area contributed by atoms with Crippen LogP contribution in [0.25, 0.3) is 0 Å². The third-order valence-electron chi connectivity index (χ3n) is 4.69. The molecule has 1 aliphatic heterocycles. The minimum Gasteiger partial charge on any atom is -0.341 e. The smallest absolute Gasteiger partial charge is 0.227 e. The average molecular weight is 253 g/mol. The second-order valence-corrected chi connectivity index (χ2v) is 5.65. The van der Waals surface area contributed by atoms with Gasteiger partial charge in [-0.1, -0.05) is 20.3 Å². The van der Waals surface area contributed by atoms with Crippen LogP contribution in [0.4, 0.5) is 0 Å². The number of carbonyl (C=O) groups is 1. The molecule has 0 aromatic heterocycles. The molecule has 104 valence electrons. The van der Waals surface area contributed by atoms with Gasteiger partial charge in [-0.3, -0.25) is 9.69 Å². The van der Waals surface area contributed by atoms with Crippen LogP contribution in [0.5, 0.6) is 0 Å². The van der Waals surface area contributed by atoms with Crippen LogP contribution in [-0.2, 0) is 4.79 Å². The second kappa shape index (κ2) is 6.02. The molecule has 1 heterocycles. The van der Waals surface area contributed by atoms with E-state index in [0.29, 0.717) is 11.9 Å². The van der Waals surface area contributed by atoms with Gasteiger partial charge in [0.1, 0.15) is 0 Å². The minimum absolute atomic E-state index is 0.0976. The molecule has 4 nitrogen and oxygen atoms in total. The fraction of sp³-hybridized carbons (Fsp3) is 0.929. The van der Waals surface area contributed by atoms with Crippen LogP contribution in [0.1, 0.15) is 39.5 Å². The average Bonchev–Trinajstić information content (AvgIpc) is 2.99. The van der Waals surface area contributed by atoms with E-state index in [1.165, 1.54) is 0 Å². The number of nitrogens with two attached hydrogens (primary N) is 1. The van der Waals surface area contributed by atoms with Crippen molar-refractivity contribution >= 4 is 5.91 Å². The van der Waals surface area contributed by atoms with Crippen molar-refractivity contribution in [2.24, 2.45) is 11.7 Å². The summed E-state index contributed by atoms with van der Waals surface area (Å²) in [5, 5.41) is 0. The molecular formula is C14H27N3O. The van der Waals surface area contributed by atoms with E-state index in [0.717, 1.165) is 51.9 Å². The maximum atomic E-state index is 12.4. The highest BCUT2D eigenvalue weighted by molar-refractivity contribution is 5.80. The van der Waals surface area contributed by atoms with E-state index in [2.05, 4.69) is 23.6 Å². The van der Waals surface area contributed by atoms with Crippen molar-refractivity contribution in [3.63, 3.8) is 0 Å². The molecule has 1 aliphatic carbocycles. The van der Waals surface area contributed by atoms with Gasteiger partial charge < -0.3 is 10.6 Å². The van der Waals surface area contributed by atoms with Gasteiger partial charge in [-0.2, -0.15) is 0 Å². The van der Waals surface area contributed by atoms with Crippen LogP contribution in [0, 0.1) is 5.92 Å². The molecule has 2 aliphatic rings. The van der Waals surface area contributed by atoms with Gasteiger partial charge in [-0.05, 0) is 32.4 Å². The highest BCUT2D eigenvalue weighted by Gasteiger charge is 2.37. The fourth-order valence-electron chi connectivity index (χ4n) is 3.51. The van der Waals surface area contributed by atoms with Gasteiger partial charge in [0.2, 0.25) is 5.91 Å². The largest absolute Gasteiger partial charge is 0.341 e. The SMILES string of the molecule is CCN(CC)C1CCN(C(=O)C2CCCC2N)C1. The van der Waals surface area contributed by atoms with Crippen molar-refractivity contribution in [2.45, 2.75) is 51.6 Å². The summed E-state index contributed by atoms with van der Waals surface area (Å²) in [5.41, 5.74) is 6.04. The van der Waals surface area contributed by atoms with Crippen molar-refractivity contribution in [3.05, 3.63) is 0 Å². The van der Waals surface area contributed by atoms with E-state index >= 15 is 0 Å². The summed E-state index contributed by atoms with van der Waals surface area (Å²) in [6, 6.07) is 0.659. The number of likely N-dealkylation sites (tertiary alicyclic amines) is 1. The summed E-state index contributed by atoms with van der Waals surface area (Å²) in [5.74, 6) is 0.412. The molecule has 2 N–H and O–H groups in total. The Morgan fingerprint density at radius 3 is 2.56 bits per heavy atom. The molecule has 0 aromatic rings. The van der Waals surface area contributed by atoms with Crippen LogP contribution >= 0.6 is 0 Å². The van der Waals surface area contributed by atoms with Crippen LogP contribution in [0.3, 0.4) is 0 Å². The quantitative estimate of drug-likeness (QED) is 0.815. The highest BCUT2D eigenvalue weighted by Crippen LogP contribution is 2.27. The molecule has 4 heteroatoms. The van der Waals surface area contributed by atoms with Gasteiger partial charge in [-0.25, -0.2) is 0 Å². The predicted octanol–water partition coefficient (Wildman–Crippen LogP) is 1.06. The van der Waals surface area contributed by atoms with E-state index < -0.39 is 0 Å². The minimum atomic E-state index is 0.0976. The zero-order valence-corrected chi connectivity index (χ0v) is 11.8. The molecular weight excluding hydrogens is 226 g/mol. The van der Waals surface area contributed by atoms with E-state index in [4.69, 9.17) is 5.73 Å². The van der Waals surface area contributed by atoms with Crippen LogP contribution in [0.2, 0.25) is 0 Å². The van der Waals surface area contributed by atoms with Gasteiger partial charge in [-0.15, -0.1) is 0 Å². The standard InChI is InChI=1S/C14H27N3O/c1-3-16(4-2)11-8-9-17(10-11)14(18)12-6-5-7-13(12)15/h11-13H,3-10,15H2,1-2H3. The maximum absolute atomic E-state index is 12.4. The molecule has 0 radical (unpaired) electrons. The molecule has 2 rings (SSSR count). The van der Waals surface area contributed by atoms with Crippen LogP contribution in [0.15, 0.2) is 0 Å². The summed E-state index contributed by atoms with van der Waals surface area (Å²) in [7, 11) is 0. The van der Waals surface area contributed by atoms with Gasteiger partial charge in [0.25, 0.3) is 0 Å². The van der Waals surface area contributed by atoms with E-state index in [1.807, 2.05) is 0 Å². The molecule has 2 fully saturated rings. The number of hydrogen-bond donors (Lipinski definition) is 1. The lowest BCUT2D eigenvalue weighted by atomic mass is 10.0.